The third-order valence-electron chi connectivity index (χ3n) is 3.00. The van der Waals surface area contributed by atoms with E-state index >= 15 is 0 Å². The Kier molecular flexibility index (Phi) is 7.11. The van der Waals surface area contributed by atoms with Crippen LogP contribution in [0.2, 0.25) is 0 Å². The minimum Gasteiger partial charge on any atom is -0.330 e. The third kappa shape index (κ3) is 5.82. The number of hydrogen-bond donors (Lipinski definition) is 2. The maximum Gasteiger partial charge on any atom is 0.224 e. The van der Waals surface area contributed by atoms with Crippen LogP contribution in [-0.4, -0.2) is 12.5 Å². The fraction of sp³-hybridized carbons (Fsp3) is 0.533. The van der Waals surface area contributed by atoms with Gasteiger partial charge in [0.15, 0.2) is 0 Å². The molecule has 100 valence electrons. The molecule has 0 saturated heterocycles. The molecule has 3 N–H and O–H groups in total. The van der Waals surface area contributed by atoms with Crippen LogP contribution < -0.4 is 11.1 Å². The summed E-state index contributed by atoms with van der Waals surface area (Å²) in [6.07, 6.45) is 5.82. The van der Waals surface area contributed by atoms with Gasteiger partial charge >= 0.3 is 0 Å². The molecule has 18 heavy (non-hydrogen) atoms. The molecular weight excluding hydrogens is 224 g/mol. The standard InChI is InChI=1S/C15H24N2O/c1-2-13-8-10-14(11-9-13)17-15(18)7-5-3-4-6-12-16/h8-11H,2-7,12,16H2,1H3,(H,17,18). The first-order valence-corrected chi connectivity index (χ1v) is 6.85. The van der Waals surface area contributed by atoms with Gasteiger partial charge in [-0.2, -0.15) is 0 Å². The van der Waals surface area contributed by atoms with Gasteiger partial charge in [0.2, 0.25) is 5.91 Å². The number of anilines is 1. The highest BCUT2D eigenvalue weighted by molar-refractivity contribution is 5.90. The molecule has 0 aliphatic heterocycles. The summed E-state index contributed by atoms with van der Waals surface area (Å²) in [5, 5.41) is 2.92. The number of unbranched alkanes of at least 4 members (excludes halogenated alkanes) is 3. The van der Waals surface area contributed by atoms with Crippen molar-refractivity contribution in [2.75, 3.05) is 11.9 Å². The molecule has 0 atom stereocenters. The number of rotatable bonds is 8. The van der Waals surface area contributed by atoms with Gasteiger partial charge in [-0.25, -0.2) is 0 Å². The van der Waals surface area contributed by atoms with Crippen molar-refractivity contribution in [3.63, 3.8) is 0 Å². The van der Waals surface area contributed by atoms with Gasteiger partial charge in [-0.1, -0.05) is 31.9 Å². The summed E-state index contributed by atoms with van der Waals surface area (Å²) >= 11 is 0. The number of hydrogen-bond acceptors (Lipinski definition) is 2. The summed E-state index contributed by atoms with van der Waals surface area (Å²) in [6.45, 7) is 2.87. The quantitative estimate of drug-likeness (QED) is 0.695. The second kappa shape index (κ2) is 8.70. The maximum absolute atomic E-state index is 11.7. The molecule has 1 aromatic rings. The average molecular weight is 248 g/mol. The van der Waals surface area contributed by atoms with E-state index in [1.165, 1.54) is 5.56 Å². The Balaban J connectivity index is 2.22. The Hall–Kier alpha value is -1.35. The highest BCUT2D eigenvalue weighted by atomic mass is 16.1. The molecule has 0 saturated carbocycles. The molecule has 0 aliphatic rings. The second-order valence-corrected chi connectivity index (χ2v) is 4.55. The lowest BCUT2D eigenvalue weighted by atomic mass is 10.1. The zero-order chi connectivity index (χ0) is 13.2. The van der Waals surface area contributed by atoms with E-state index in [1.54, 1.807) is 0 Å². The predicted molar refractivity (Wildman–Crippen MR) is 76.6 cm³/mol. The van der Waals surface area contributed by atoms with Crippen molar-refractivity contribution in [1.29, 1.82) is 0 Å². The topological polar surface area (TPSA) is 55.1 Å². The first kappa shape index (κ1) is 14.7. The highest BCUT2D eigenvalue weighted by Gasteiger charge is 2.01. The number of carbonyl (C=O) groups excluding carboxylic acids is 1. The van der Waals surface area contributed by atoms with Crippen LogP contribution in [0.25, 0.3) is 0 Å². The molecule has 0 spiro atoms. The van der Waals surface area contributed by atoms with Gasteiger partial charge in [-0.05, 0) is 43.5 Å². The number of nitrogens with two attached hydrogens (primary N) is 1. The van der Waals surface area contributed by atoms with E-state index in [9.17, 15) is 4.79 Å². The molecule has 0 heterocycles. The van der Waals surface area contributed by atoms with Crippen molar-refractivity contribution in [3.8, 4) is 0 Å². The van der Waals surface area contributed by atoms with Gasteiger partial charge < -0.3 is 11.1 Å². The van der Waals surface area contributed by atoms with Crippen LogP contribution in [-0.2, 0) is 11.2 Å². The largest absolute Gasteiger partial charge is 0.330 e. The summed E-state index contributed by atoms with van der Waals surface area (Å²) < 4.78 is 0. The lowest BCUT2D eigenvalue weighted by Crippen LogP contribution is -2.11. The monoisotopic (exact) mass is 248 g/mol. The molecule has 0 radical (unpaired) electrons. The highest BCUT2D eigenvalue weighted by Crippen LogP contribution is 2.11. The minimum atomic E-state index is 0.104. The number of amides is 1. The Morgan fingerprint density at radius 1 is 1.11 bits per heavy atom. The van der Waals surface area contributed by atoms with E-state index in [2.05, 4.69) is 24.4 Å². The van der Waals surface area contributed by atoms with Gasteiger partial charge in [0.1, 0.15) is 0 Å². The third-order valence-corrected chi connectivity index (χ3v) is 3.00. The number of benzene rings is 1. The first-order chi connectivity index (χ1) is 8.76. The summed E-state index contributed by atoms with van der Waals surface area (Å²) in [6, 6.07) is 8.03. The molecule has 1 aromatic carbocycles. The van der Waals surface area contributed by atoms with E-state index in [-0.39, 0.29) is 5.91 Å². The van der Waals surface area contributed by atoms with Crippen molar-refractivity contribution in [1.82, 2.24) is 0 Å². The van der Waals surface area contributed by atoms with Gasteiger partial charge in [0, 0.05) is 12.1 Å². The van der Waals surface area contributed by atoms with Crippen molar-refractivity contribution in [3.05, 3.63) is 29.8 Å². The molecular formula is C15H24N2O. The fourth-order valence-corrected chi connectivity index (χ4v) is 1.83. The van der Waals surface area contributed by atoms with Crippen molar-refractivity contribution < 1.29 is 4.79 Å². The number of nitrogens with one attached hydrogen (secondary N) is 1. The molecule has 0 aliphatic carbocycles. The van der Waals surface area contributed by atoms with Crippen LogP contribution in [0.3, 0.4) is 0 Å². The second-order valence-electron chi connectivity index (χ2n) is 4.55. The van der Waals surface area contributed by atoms with Gasteiger partial charge in [0.25, 0.3) is 0 Å². The van der Waals surface area contributed by atoms with Gasteiger partial charge in [0.05, 0.1) is 0 Å². The first-order valence-electron chi connectivity index (χ1n) is 6.85. The van der Waals surface area contributed by atoms with Crippen molar-refractivity contribution >= 4 is 11.6 Å². The number of aryl methyl sites for hydroxylation is 1. The molecule has 3 nitrogen and oxygen atoms in total. The molecule has 3 heteroatoms. The van der Waals surface area contributed by atoms with Crippen molar-refractivity contribution in [2.24, 2.45) is 5.73 Å². The Bertz CT molecular complexity index is 346. The lowest BCUT2D eigenvalue weighted by molar-refractivity contribution is -0.116. The van der Waals surface area contributed by atoms with Crippen LogP contribution >= 0.6 is 0 Å². The maximum atomic E-state index is 11.7. The molecule has 0 bridgehead atoms. The summed E-state index contributed by atoms with van der Waals surface area (Å²) in [5.41, 5.74) is 7.59. The average Bonchev–Trinajstić information content (AvgIpc) is 2.39. The fourth-order valence-electron chi connectivity index (χ4n) is 1.83. The summed E-state index contributed by atoms with van der Waals surface area (Å²) in [5.74, 6) is 0.104. The SMILES string of the molecule is CCc1ccc(NC(=O)CCCCCCN)cc1. The van der Waals surface area contributed by atoms with Crippen LogP contribution in [0.15, 0.2) is 24.3 Å². The molecule has 0 aromatic heterocycles. The molecule has 0 unspecified atom stereocenters. The Labute approximate surface area is 110 Å². The minimum absolute atomic E-state index is 0.104. The zero-order valence-electron chi connectivity index (χ0n) is 11.2. The summed E-state index contributed by atoms with van der Waals surface area (Å²) in [7, 11) is 0. The van der Waals surface area contributed by atoms with Crippen LogP contribution in [0.1, 0.15) is 44.6 Å². The van der Waals surface area contributed by atoms with E-state index in [1.807, 2.05) is 12.1 Å². The predicted octanol–water partition coefficient (Wildman–Crippen LogP) is 3.10. The lowest BCUT2D eigenvalue weighted by Gasteiger charge is -2.06. The molecule has 1 rings (SSSR count). The smallest absolute Gasteiger partial charge is 0.224 e. The van der Waals surface area contributed by atoms with Crippen LogP contribution in [0.5, 0.6) is 0 Å². The Morgan fingerprint density at radius 3 is 2.39 bits per heavy atom. The van der Waals surface area contributed by atoms with Gasteiger partial charge in [-0.15, -0.1) is 0 Å². The van der Waals surface area contributed by atoms with Crippen LogP contribution in [0, 0.1) is 0 Å². The van der Waals surface area contributed by atoms with Gasteiger partial charge in [-0.3, -0.25) is 4.79 Å². The summed E-state index contributed by atoms with van der Waals surface area (Å²) in [4.78, 5) is 11.7. The van der Waals surface area contributed by atoms with Crippen LogP contribution in [0.4, 0.5) is 5.69 Å². The van der Waals surface area contributed by atoms with E-state index in [0.717, 1.165) is 44.3 Å². The Morgan fingerprint density at radius 2 is 1.78 bits per heavy atom. The zero-order valence-corrected chi connectivity index (χ0v) is 11.2. The molecule has 1 amide bonds. The number of carbonyl (C=O) groups is 1. The normalized spacial score (nSPS) is 10.3. The van der Waals surface area contributed by atoms with Crippen molar-refractivity contribution in [2.45, 2.75) is 45.4 Å². The van der Waals surface area contributed by atoms with E-state index < -0.39 is 0 Å². The van der Waals surface area contributed by atoms with E-state index in [4.69, 9.17) is 5.73 Å². The molecule has 0 fully saturated rings. The van der Waals surface area contributed by atoms with E-state index in [0.29, 0.717) is 6.42 Å².